The van der Waals surface area contributed by atoms with Gasteiger partial charge in [-0.1, -0.05) is 12.1 Å². The van der Waals surface area contributed by atoms with E-state index in [2.05, 4.69) is 5.32 Å². The lowest BCUT2D eigenvalue weighted by Crippen LogP contribution is -2.28. The number of carbonyl (C=O) groups excluding carboxylic acids is 2. The molecule has 1 atom stereocenters. The van der Waals surface area contributed by atoms with Gasteiger partial charge in [-0.2, -0.15) is 0 Å². The van der Waals surface area contributed by atoms with Gasteiger partial charge in [0, 0.05) is 36.5 Å². The maximum absolute atomic E-state index is 12.5. The molecule has 6 nitrogen and oxygen atoms in total. The molecular weight excluding hydrogens is 320 g/mol. The van der Waals surface area contributed by atoms with E-state index in [9.17, 15) is 9.59 Å². The van der Waals surface area contributed by atoms with E-state index in [0.29, 0.717) is 23.7 Å². The van der Waals surface area contributed by atoms with E-state index in [1.54, 1.807) is 49.5 Å². The molecule has 130 valence electrons. The highest BCUT2D eigenvalue weighted by Gasteiger charge is 2.35. The van der Waals surface area contributed by atoms with Gasteiger partial charge in [0.25, 0.3) is 0 Å². The molecule has 1 aliphatic rings. The summed E-state index contributed by atoms with van der Waals surface area (Å²) in [6.45, 7) is 0.349. The van der Waals surface area contributed by atoms with Crippen molar-refractivity contribution in [3.8, 4) is 11.5 Å². The number of carbonyl (C=O) groups is 2. The maximum atomic E-state index is 12.5. The smallest absolute Gasteiger partial charge is 0.229 e. The Morgan fingerprint density at radius 3 is 2.48 bits per heavy atom. The first kappa shape index (κ1) is 16.8. The van der Waals surface area contributed by atoms with Crippen LogP contribution in [0.2, 0.25) is 0 Å². The van der Waals surface area contributed by atoms with Crippen molar-refractivity contribution in [2.45, 2.75) is 6.42 Å². The number of methoxy groups -OCH3 is 2. The largest absolute Gasteiger partial charge is 0.497 e. The zero-order chi connectivity index (χ0) is 17.8. The molecule has 1 fully saturated rings. The minimum absolute atomic E-state index is 0.0703. The number of benzene rings is 2. The van der Waals surface area contributed by atoms with Crippen molar-refractivity contribution in [3.63, 3.8) is 0 Å². The second-order valence-corrected chi connectivity index (χ2v) is 5.83. The summed E-state index contributed by atoms with van der Waals surface area (Å²) in [6.07, 6.45) is 0.188. The molecule has 0 bridgehead atoms. The first-order valence-electron chi connectivity index (χ1n) is 8.00. The van der Waals surface area contributed by atoms with E-state index >= 15 is 0 Å². The summed E-state index contributed by atoms with van der Waals surface area (Å²) in [5.74, 6) is 0.698. The van der Waals surface area contributed by atoms with E-state index in [4.69, 9.17) is 9.47 Å². The van der Waals surface area contributed by atoms with Crippen LogP contribution in [-0.2, 0) is 9.59 Å². The van der Waals surface area contributed by atoms with Gasteiger partial charge >= 0.3 is 0 Å². The SMILES string of the molecule is COc1cccc(NC(=O)[C@@H]2CC(=O)N(c3cccc(OC)c3)C2)c1. The number of ether oxygens (including phenoxy) is 2. The quantitative estimate of drug-likeness (QED) is 0.909. The molecule has 6 heteroatoms. The number of rotatable bonds is 5. The fourth-order valence-electron chi connectivity index (χ4n) is 2.86. The van der Waals surface area contributed by atoms with E-state index < -0.39 is 5.92 Å². The Bertz CT molecular complexity index is 790. The fourth-order valence-corrected chi connectivity index (χ4v) is 2.86. The summed E-state index contributed by atoms with van der Waals surface area (Å²) < 4.78 is 10.3. The van der Waals surface area contributed by atoms with Crippen molar-refractivity contribution < 1.29 is 19.1 Å². The number of hydrogen-bond donors (Lipinski definition) is 1. The Hall–Kier alpha value is -3.02. The van der Waals surface area contributed by atoms with Crippen molar-refractivity contribution in [2.24, 2.45) is 5.92 Å². The third-order valence-corrected chi connectivity index (χ3v) is 4.20. The summed E-state index contributed by atoms with van der Waals surface area (Å²) >= 11 is 0. The Morgan fingerprint density at radius 2 is 1.76 bits per heavy atom. The van der Waals surface area contributed by atoms with Crippen molar-refractivity contribution in [3.05, 3.63) is 48.5 Å². The molecule has 0 spiro atoms. The lowest BCUT2D eigenvalue weighted by atomic mass is 10.1. The van der Waals surface area contributed by atoms with Gasteiger partial charge in [0.15, 0.2) is 0 Å². The minimum Gasteiger partial charge on any atom is -0.497 e. The van der Waals surface area contributed by atoms with Gasteiger partial charge in [-0.25, -0.2) is 0 Å². The van der Waals surface area contributed by atoms with Crippen LogP contribution in [0.1, 0.15) is 6.42 Å². The molecule has 2 aromatic rings. The number of nitrogens with one attached hydrogen (secondary N) is 1. The zero-order valence-corrected chi connectivity index (χ0v) is 14.2. The van der Waals surface area contributed by atoms with Gasteiger partial charge in [-0.3, -0.25) is 9.59 Å². The second-order valence-electron chi connectivity index (χ2n) is 5.83. The van der Waals surface area contributed by atoms with Crippen LogP contribution in [0.4, 0.5) is 11.4 Å². The number of hydrogen-bond acceptors (Lipinski definition) is 4. The predicted octanol–water partition coefficient (Wildman–Crippen LogP) is 2.70. The molecule has 2 amide bonds. The van der Waals surface area contributed by atoms with Crippen LogP contribution in [0.15, 0.2) is 48.5 Å². The number of anilines is 2. The van der Waals surface area contributed by atoms with Gasteiger partial charge in [-0.05, 0) is 24.3 Å². The number of nitrogens with zero attached hydrogens (tertiary/aromatic N) is 1. The molecule has 0 radical (unpaired) electrons. The van der Waals surface area contributed by atoms with Crippen molar-refractivity contribution in [1.82, 2.24) is 0 Å². The van der Waals surface area contributed by atoms with Gasteiger partial charge in [0.2, 0.25) is 11.8 Å². The summed E-state index contributed by atoms with van der Waals surface area (Å²) in [7, 11) is 3.15. The molecule has 0 unspecified atom stereocenters. The van der Waals surface area contributed by atoms with E-state index in [-0.39, 0.29) is 18.2 Å². The molecule has 0 saturated carbocycles. The molecule has 0 aliphatic carbocycles. The second kappa shape index (κ2) is 7.25. The third-order valence-electron chi connectivity index (χ3n) is 4.20. The van der Waals surface area contributed by atoms with Crippen LogP contribution >= 0.6 is 0 Å². The molecule has 25 heavy (non-hydrogen) atoms. The summed E-state index contributed by atoms with van der Waals surface area (Å²) in [6, 6.07) is 14.4. The van der Waals surface area contributed by atoms with Gasteiger partial charge in [-0.15, -0.1) is 0 Å². The normalized spacial score (nSPS) is 16.6. The highest BCUT2D eigenvalue weighted by atomic mass is 16.5. The Balaban J connectivity index is 1.69. The average molecular weight is 340 g/mol. The van der Waals surface area contributed by atoms with Crippen molar-refractivity contribution in [2.75, 3.05) is 31.0 Å². The van der Waals surface area contributed by atoms with Gasteiger partial charge in [0.1, 0.15) is 11.5 Å². The van der Waals surface area contributed by atoms with E-state index in [1.807, 2.05) is 18.2 Å². The maximum Gasteiger partial charge on any atom is 0.229 e. The minimum atomic E-state index is -0.398. The highest BCUT2D eigenvalue weighted by Crippen LogP contribution is 2.28. The van der Waals surface area contributed by atoms with E-state index in [0.717, 1.165) is 5.69 Å². The van der Waals surface area contributed by atoms with E-state index in [1.165, 1.54) is 0 Å². The monoisotopic (exact) mass is 340 g/mol. The Labute approximate surface area is 146 Å². The summed E-state index contributed by atoms with van der Waals surface area (Å²) in [5.41, 5.74) is 1.39. The predicted molar refractivity (Wildman–Crippen MR) is 95.1 cm³/mol. The average Bonchev–Trinajstić information content (AvgIpc) is 3.04. The van der Waals surface area contributed by atoms with Gasteiger partial charge in [0.05, 0.1) is 20.1 Å². The van der Waals surface area contributed by atoms with Crippen LogP contribution in [0, 0.1) is 5.92 Å². The van der Waals surface area contributed by atoms with Crippen LogP contribution in [0.3, 0.4) is 0 Å². The third kappa shape index (κ3) is 3.74. The Morgan fingerprint density at radius 1 is 1.08 bits per heavy atom. The Kier molecular flexibility index (Phi) is 4.88. The van der Waals surface area contributed by atoms with Crippen LogP contribution in [0.25, 0.3) is 0 Å². The van der Waals surface area contributed by atoms with Crippen LogP contribution in [0.5, 0.6) is 11.5 Å². The van der Waals surface area contributed by atoms with Crippen LogP contribution < -0.4 is 19.7 Å². The summed E-state index contributed by atoms with van der Waals surface area (Å²) in [5, 5.41) is 2.85. The standard InChI is InChI=1S/C19H20N2O4/c1-24-16-7-3-5-14(10-16)20-19(23)13-9-18(22)21(12-13)15-6-4-8-17(11-15)25-2/h3-8,10-11,13H,9,12H2,1-2H3,(H,20,23)/t13-/m1/s1. The highest BCUT2D eigenvalue weighted by molar-refractivity contribution is 6.03. The molecule has 2 aromatic carbocycles. The topological polar surface area (TPSA) is 67.9 Å². The lowest BCUT2D eigenvalue weighted by Gasteiger charge is -2.17. The van der Waals surface area contributed by atoms with Crippen molar-refractivity contribution >= 4 is 23.2 Å². The molecule has 0 aromatic heterocycles. The first-order chi connectivity index (χ1) is 12.1. The van der Waals surface area contributed by atoms with Crippen LogP contribution in [-0.4, -0.2) is 32.6 Å². The summed E-state index contributed by atoms with van der Waals surface area (Å²) in [4.78, 5) is 26.5. The molecule has 1 heterocycles. The molecule has 1 saturated heterocycles. The molecule has 3 rings (SSSR count). The zero-order valence-electron chi connectivity index (χ0n) is 14.2. The number of amides is 2. The van der Waals surface area contributed by atoms with Crippen molar-refractivity contribution in [1.29, 1.82) is 0 Å². The van der Waals surface area contributed by atoms with Gasteiger partial charge < -0.3 is 19.7 Å². The lowest BCUT2D eigenvalue weighted by molar-refractivity contribution is -0.122. The first-order valence-corrected chi connectivity index (χ1v) is 8.00. The molecular formula is C19H20N2O4. The molecule has 1 N–H and O–H groups in total. The molecule has 1 aliphatic heterocycles. The fraction of sp³-hybridized carbons (Fsp3) is 0.263.